The Bertz CT molecular complexity index is 1490. The predicted octanol–water partition coefficient (Wildman–Crippen LogP) is 9.39. The van der Waals surface area contributed by atoms with Crippen LogP contribution in [0.25, 0.3) is 0 Å². The second kappa shape index (κ2) is 10.5. The molecule has 0 aromatic heterocycles. The third-order valence-corrected chi connectivity index (χ3v) is 8.42. The molecule has 0 N–H and O–H groups in total. The van der Waals surface area contributed by atoms with Crippen LogP contribution in [0.5, 0.6) is 0 Å². The quantitative estimate of drug-likeness (QED) is 0.342. The SMILES string of the molecule is CC(C)(C)c1ccc(N(c2ccc(C(C)(C)C)cc2)c2ccc3c(c2)CC2=C(CC3)C(C#N)C(C#N)C=C2)cc1. The Kier molecular flexibility index (Phi) is 7.20. The van der Waals surface area contributed by atoms with Gasteiger partial charge in [0.15, 0.2) is 0 Å². The minimum atomic E-state index is -0.358. The number of fused-ring (bicyclic) bond motifs is 1. The molecule has 0 radical (unpaired) electrons. The Morgan fingerprint density at radius 2 is 1.23 bits per heavy atom. The largest absolute Gasteiger partial charge is 0.310 e. The van der Waals surface area contributed by atoms with Crippen LogP contribution in [0.1, 0.15) is 70.2 Å². The van der Waals surface area contributed by atoms with E-state index in [1.165, 1.54) is 27.8 Å². The molecule has 0 spiro atoms. The van der Waals surface area contributed by atoms with Crippen LogP contribution in [-0.2, 0) is 23.7 Å². The van der Waals surface area contributed by atoms with Gasteiger partial charge in [-0.05, 0) is 99.9 Å². The van der Waals surface area contributed by atoms with E-state index >= 15 is 0 Å². The summed E-state index contributed by atoms with van der Waals surface area (Å²) in [5.74, 6) is -0.707. The third-order valence-electron chi connectivity index (χ3n) is 8.42. The van der Waals surface area contributed by atoms with E-state index in [1.54, 1.807) is 0 Å². The fourth-order valence-corrected chi connectivity index (χ4v) is 5.92. The van der Waals surface area contributed by atoms with E-state index in [1.807, 2.05) is 6.08 Å². The predicted molar refractivity (Wildman–Crippen MR) is 165 cm³/mol. The van der Waals surface area contributed by atoms with Gasteiger partial charge in [-0.25, -0.2) is 0 Å². The minimum Gasteiger partial charge on any atom is -0.310 e. The van der Waals surface area contributed by atoms with Crippen molar-refractivity contribution in [3.63, 3.8) is 0 Å². The van der Waals surface area contributed by atoms with E-state index in [0.29, 0.717) is 0 Å². The highest BCUT2D eigenvalue weighted by molar-refractivity contribution is 5.77. The zero-order valence-corrected chi connectivity index (χ0v) is 24.6. The Morgan fingerprint density at radius 3 is 1.73 bits per heavy atom. The molecule has 202 valence electrons. The van der Waals surface area contributed by atoms with Crippen LogP contribution in [0.2, 0.25) is 0 Å². The highest BCUT2D eigenvalue weighted by atomic mass is 15.1. The number of hydrogen-bond donors (Lipinski definition) is 0. The Hall–Kier alpha value is -4.08. The number of allylic oxidation sites excluding steroid dienone is 4. The van der Waals surface area contributed by atoms with Crippen molar-refractivity contribution >= 4 is 17.1 Å². The van der Waals surface area contributed by atoms with Crippen molar-refractivity contribution in [1.29, 1.82) is 10.5 Å². The minimum absolute atomic E-state index is 0.0899. The molecule has 3 heteroatoms. The average Bonchev–Trinajstić information content (AvgIpc) is 3.11. The van der Waals surface area contributed by atoms with E-state index in [4.69, 9.17) is 0 Å². The summed E-state index contributed by atoms with van der Waals surface area (Å²) in [5.41, 5.74) is 11.1. The Labute approximate surface area is 240 Å². The van der Waals surface area contributed by atoms with Gasteiger partial charge in [0.2, 0.25) is 0 Å². The van der Waals surface area contributed by atoms with Crippen LogP contribution in [0.4, 0.5) is 17.1 Å². The zero-order valence-electron chi connectivity index (χ0n) is 24.6. The summed E-state index contributed by atoms with van der Waals surface area (Å²) in [5, 5.41) is 19.5. The first-order valence-corrected chi connectivity index (χ1v) is 14.3. The zero-order chi connectivity index (χ0) is 28.7. The van der Waals surface area contributed by atoms with E-state index in [2.05, 4.69) is 131 Å². The van der Waals surface area contributed by atoms with Crippen LogP contribution >= 0.6 is 0 Å². The molecule has 0 aliphatic heterocycles. The summed E-state index contributed by atoms with van der Waals surface area (Å²) in [6.07, 6.45) is 6.51. The van der Waals surface area contributed by atoms with Crippen LogP contribution in [0.15, 0.2) is 90.0 Å². The fourth-order valence-electron chi connectivity index (χ4n) is 5.92. The summed E-state index contributed by atoms with van der Waals surface area (Å²) < 4.78 is 0. The molecule has 2 aliphatic carbocycles. The fraction of sp³-hybridized carbons (Fsp3) is 0.351. The number of nitrogens with zero attached hydrogens (tertiary/aromatic N) is 3. The van der Waals surface area contributed by atoms with Crippen molar-refractivity contribution < 1.29 is 0 Å². The number of anilines is 3. The maximum Gasteiger partial charge on any atom is 0.0872 e. The molecule has 2 aliphatic rings. The highest BCUT2D eigenvalue weighted by Crippen LogP contribution is 2.41. The first kappa shape index (κ1) is 27.5. The lowest BCUT2D eigenvalue weighted by atomic mass is 9.78. The van der Waals surface area contributed by atoms with Gasteiger partial charge in [-0.2, -0.15) is 10.5 Å². The lowest BCUT2D eigenvalue weighted by Gasteiger charge is -2.28. The van der Waals surface area contributed by atoms with Crippen LogP contribution in [0.3, 0.4) is 0 Å². The van der Waals surface area contributed by atoms with E-state index in [0.717, 1.165) is 41.9 Å². The van der Waals surface area contributed by atoms with Gasteiger partial charge in [0, 0.05) is 17.1 Å². The van der Waals surface area contributed by atoms with Gasteiger partial charge < -0.3 is 4.90 Å². The number of hydrogen-bond acceptors (Lipinski definition) is 3. The molecular formula is C37H39N3. The molecule has 3 aromatic carbocycles. The van der Waals surface area contributed by atoms with Crippen molar-refractivity contribution in [2.75, 3.05) is 4.90 Å². The first-order chi connectivity index (χ1) is 19.0. The van der Waals surface area contributed by atoms with Crippen molar-refractivity contribution in [3.8, 4) is 12.1 Å². The van der Waals surface area contributed by atoms with Gasteiger partial charge in [-0.1, -0.05) is 84.0 Å². The van der Waals surface area contributed by atoms with E-state index < -0.39 is 0 Å². The summed E-state index contributed by atoms with van der Waals surface area (Å²) in [7, 11) is 0. The molecule has 0 amide bonds. The Balaban J connectivity index is 1.58. The highest BCUT2D eigenvalue weighted by Gasteiger charge is 2.30. The average molecular weight is 526 g/mol. The molecule has 0 fully saturated rings. The van der Waals surface area contributed by atoms with Gasteiger partial charge in [0.05, 0.1) is 24.0 Å². The van der Waals surface area contributed by atoms with Crippen molar-refractivity contribution in [2.24, 2.45) is 11.8 Å². The van der Waals surface area contributed by atoms with Gasteiger partial charge in [-0.15, -0.1) is 0 Å². The van der Waals surface area contributed by atoms with Gasteiger partial charge in [0.25, 0.3) is 0 Å². The second-order valence-corrected chi connectivity index (χ2v) is 13.2. The third kappa shape index (κ3) is 5.35. The van der Waals surface area contributed by atoms with Crippen LogP contribution in [-0.4, -0.2) is 0 Å². The Morgan fingerprint density at radius 1 is 0.675 bits per heavy atom. The monoisotopic (exact) mass is 525 g/mol. The molecule has 3 aromatic rings. The second-order valence-electron chi connectivity index (χ2n) is 13.2. The first-order valence-electron chi connectivity index (χ1n) is 14.3. The van der Waals surface area contributed by atoms with Crippen molar-refractivity contribution in [2.45, 2.75) is 71.6 Å². The summed E-state index contributed by atoms with van der Waals surface area (Å²) in [6, 6.07) is 29.4. The van der Waals surface area contributed by atoms with Crippen molar-refractivity contribution in [3.05, 3.63) is 112 Å². The maximum atomic E-state index is 9.87. The number of benzene rings is 3. The lowest BCUT2D eigenvalue weighted by Crippen LogP contribution is -2.17. The smallest absolute Gasteiger partial charge is 0.0872 e. The van der Waals surface area contributed by atoms with Crippen LogP contribution in [0, 0.1) is 34.5 Å². The molecule has 0 bridgehead atoms. The summed E-state index contributed by atoms with van der Waals surface area (Å²) in [4.78, 5) is 2.35. The number of rotatable bonds is 3. The molecule has 0 saturated carbocycles. The molecule has 40 heavy (non-hydrogen) atoms. The number of nitriles is 2. The normalized spacial score (nSPS) is 18.7. The number of aryl methyl sites for hydroxylation is 1. The molecule has 5 rings (SSSR count). The van der Waals surface area contributed by atoms with E-state index in [9.17, 15) is 10.5 Å². The molecule has 0 saturated heterocycles. The topological polar surface area (TPSA) is 50.8 Å². The molecule has 0 heterocycles. The van der Waals surface area contributed by atoms with Gasteiger partial charge in [0.1, 0.15) is 0 Å². The maximum absolute atomic E-state index is 9.87. The molecule has 3 nitrogen and oxygen atoms in total. The van der Waals surface area contributed by atoms with Gasteiger partial charge >= 0.3 is 0 Å². The van der Waals surface area contributed by atoms with E-state index in [-0.39, 0.29) is 22.7 Å². The summed E-state index contributed by atoms with van der Waals surface area (Å²) >= 11 is 0. The molecule has 2 atom stereocenters. The standard InChI is InChI=1S/C37H39N3/c1-36(2,3)29-11-16-31(17-12-29)40(32-18-13-30(14-19-32)37(4,5)6)33-15-9-25-10-20-34-26(21-28(25)22-33)7-8-27(23-38)35(34)24-39/h7-9,11-19,22,27,35H,10,20-21H2,1-6H3. The summed E-state index contributed by atoms with van der Waals surface area (Å²) in [6.45, 7) is 13.5. The lowest BCUT2D eigenvalue weighted by molar-refractivity contribution is 0.590. The van der Waals surface area contributed by atoms with Gasteiger partial charge in [-0.3, -0.25) is 0 Å². The molecule has 2 unspecified atom stereocenters. The van der Waals surface area contributed by atoms with Crippen molar-refractivity contribution in [1.82, 2.24) is 0 Å². The van der Waals surface area contributed by atoms with Crippen LogP contribution < -0.4 is 4.90 Å². The molecular weight excluding hydrogens is 486 g/mol.